The molecule has 0 N–H and O–H groups in total. The lowest BCUT2D eigenvalue weighted by atomic mass is 9.87. The zero-order chi connectivity index (χ0) is 43.3. The van der Waals surface area contributed by atoms with Gasteiger partial charge in [-0.1, -0.05) is 200 Å². The number of aryl methyl sites for hydroxylation is 1. The molecule has 0 spiro atoms. The second-order valence-electron chi connectivity index (χ2n) is 16.9. The van der Waals surface area contributed by atoms with E-state index in [0.29, 0.717) is 0 Å². The van der Waals surface area contributed by atoms with Crippen LogP contribution in [0, 0.1) is 6.92 Å². The molecule has 0 bridgehead atoms. The van der Waals surface area contributed by atoms with Gasteiger partial charge in [0.05, 0.1) is 16.7 Å². The number of fused-ring (bicyclic) bond motifs is 5. The van der Waals surface area contributed by atoms with E-state index in [-0.39, 0.29) is 0 Å². The van der Waals surface area contributed by atoms with Crippen molar-refractivity contribution in [1.82, 2.24) is 4.57 Å². The third-order valence-electron chi connectivity index (χ3n) is 13.1. The Kier molecular flexibility index (Phi) is 9.43. The number of benzene rings is 11. The summed E-state index contributed by atoms with van der Waals surface area (Å²) in [7, 11) is 0. The van der Waals surface area contributed by atoms with Gasteiger partial charge in [0.25, 0.3) is 0 Å². The highest BCUT2D eigenvalue weighted by atomic mass is 15.1. The van der Waals surface area contributed by atoms with Crippen LogP contribution in [0.3, 0.4) is 0 Å². The predicted molar refractivity (Wildman–Crippen MR) is 277 cm³/mol. The zero-order valence-electron chi connectivity index (χ0n) is 36.1. The monoisotopic (exact) mass is 828 g/mol. The lowest BCUT2D eigenvalue weighted by Gasteiger charge is -2.29. The molecular formula is C63H44N2. The van der Waals surface area contributed by atoms with Gasteiger partial charge < -0.3 is 9.47 Å². The molecule has 65 heavy (non-hydrogen) atoms. The Morgan fingerprint density at radius 1 is 0.308 bits per heavy atom. The van der Waals surface area contributed by atoms with Crippen LogP contribution in [-0.2, 0) is 0 Å². The summed E-state index contributed by atoms with van der Waals surface area (Å²) in [4.78, 5) is 2.47. The van der Waals surface area contributed by atoms with Gasteiger partial charge in [-0.05, 0) is 116 Å². The number of hydrogen-bond donors (Lipinski definition) is 0. The van der Waals surface area contributed by atoms with Gasteiger partial charge in [-0.3, -0.25) is 0 Å². The lowest BCUT2D eigenvalue weighted by molar-refractivity contribution is 1.18. The maximum atomic E-state index is 2.47. The summed E-state index contributed by atoms with van der Waals surface area (Å²) >= 11 is 0. The van der Waals surface area contributed by atoms with Crippen LogP contribution >= 0.6 is 0 Å². The van der Waals surface area contributed by atoms with Gasteiger partial charge in [0.2, 0.25) is 0 Å². The highest BCUT2D eigenvalue weighted by molar-refractivity contribution is 6.23. The molecule has 0 fully saturated rings. The highest BCUT2D eigenvalue weighted by Crippen LogP contribution is 2.49. The van der Waals surface area contributed by atoms with Crippen molar-refractivity contribution < 1.29 is 0 Å². The molecule has 0 unspecified atom stereocenters. The number of aromatic nitrogens is 1. The average Bonchev–Trinajstić information content (AvgIpc) is 3.71. The first kappa shape index (κ1) is 38.2. The third-order valence-corrected chi connectivity index (χ3v) is 13.1. The Balaban J connectivity index is 1.03. The summed E-state index contributed by atoms with van der Waals surface area (Å²) in [6.45, 7) is 2.20. The van der Waals surface area contributed by atoms with Crippen molar-refractivity contribution in [1.29, 1.82) is 0 Å². The van der Waals surface area contributed by atoms with Gasteiger partial charge in [-0.15, -0.1) is 0 Å². The zero-order valence-corrected chi connectivity index (χ0v) is 36.1. The summed E-state index contributed by atoms with van der Waals surface area (Å²) in [6, 6.07) is 90.7. The third kappa shape index (κ3) is 6.50. The summed E-state index contributed by atoms with van der Waals surface area (Å²) < 4.78 is 2.38. The smallest absolute Gasteiger partial charge is 0.0618 e. The van der Waals surface area contributed by atoms with Crippen molar-refractivity contribution in [2.45, 2.75) is 6.92 Å². The molecule has 2 nitrogen and oxygen atoms in total. The minimum absolute atomic E-state index is 1.11. The highest BCUT2D eigenvalue weighted by Gasteiger charge is 2.24. The quantitative estimate of drug-likeness (QED) is 0.139. The molecule has 0 aliphatic rings. The number of hydrogen-bond acceptors (Lipinski definition) is 1. The van der Waals surface area contributed by atoms with E-state index in [1.54, 1.807) is 0 Å². The Hall–Kier alpha value is -8.46. The molecule has 306 valence electrons. The molecule has 0 amide bonds. The molecule has 1 aromatic heterocycles. The standard InChI is InChI=1S/C63H44N2/c1-43-20-8-9-25-49(43)51-27-12-13-29-53(51)52-28-11-10-26-50(52)44-36-38-45(39-37-44)62-55-31-14-16-33-57(55)63(58-34-17-15-32-56(58)62)64(46-21-4-2-5-22-46)48-40-41-61-59(42-48)54-30-18-19-35-60(54)65(61)47-23-6-3-7-24-47/h2-42H,1H3. The van der Waals surface area contributed by atoms with Crippen LogP contribution in [0.5, 0.6) is 0 Å². The summed E-state index contributed by atoms with van der Waals surface area (Å²) in [5.41, 5.74) is 18.0. The largest absolute Gasteiger partial charge is 0.309 e. The van der Waals surface area contributed by atoms with Crippen molar-refractivity contribution in [3.63, 3.8) is 0 Å². The van der Waals surface area contributed by atoms with E-state index in [9.17, 15) is 0 Å². The first-order valence-electron chi connectivity index (χ1n) is 22.4. The molecule has 0 saturated carbocycles. The van der Waals surface area contributed by atoms with Gasteiger partial charge in [0, 0.05) is 38.6 Å². The molecule has 2 heteroatoms. The minimum atomic E-state index is 1.11. The topological polar surface area (TPSA) is 8.17 Å². The van der Waals surface area contributed by atoms with Crippen LogP contribution < -0.4 is 4.90 Å². The van der Waals surface area contributed by atoms with Crippen molar-refractivity contribution in [2.75, 3.05) is 4.90 Å². The van der Waals surface area contributed by atoms with Gasteiger partial charge in [0.1, 0.15) is 0 Å². The second kappa shape index (κ2) is 16.0. The van der Waals surface area contributed by atoms with Crippen LogP contribution in [0.25, 0.3) is 93.5 Å². The Bertz CT molecular complexity index is 3660. The van der Waals surface area contributed by atoms with E-state index in [1.165, 1.54) is 93.4 Å². The number of nitrogens with zero attached hydrogens (tertiary/aromatic N) is 2. The predicted octanol–water partition coefficient (Wildman–Crippen LogP) is 17.5. The van der Waals surface area contributed by atoms with Gasteiger partial charge in [-0.2, -0.15) is 0 Å². The van der Waals surface area contributed by atoms with Gasteiger partial charge in [0.15, 0.2) is 0 Å². The van der Waals surface area contributed by atoms with Gasteiger partial charge in [-0.25, -0.2) is 0 Å². The van der Waals surface area contributed by atoms with Crippen LogP contribution in [0.15, 0.2) is 249 Å². The number of rotatable bonds is 8. The van der Waals surface area contributed by atoms with Crippen molar-refractivity contribution in [3.05, 3.63) is 254 Å². The van der Waals surface area contributed by atoms with Crippen LogP contribution in [0.1, 0.15) is 5.56 Å². The molecule has 11 aromatic carbocycles. The first-order valence-corrected chi connectivity index (χ1v) is 22.4. The fraction of sp³-hybridized carbons (Fsp3) is 0.0159. The number of anilines is 3. The first-order chi connectivity index (χ1) is 32.2. The Morgan fingerprint density at radius 3 is 1.42 bits per heavy atom. The number of para-hydroxylation sites is 3. The molecule has 12 rings (SSSR count). The van der Waals surface area contributed by atoms with Crippen LogP contribution in [0.2, 0.25) is 0 Å². The molecule has 12 aromatic rings. The van der Waals surface area contributed by atoms with Crippen molar-refractivity contribution in [2.24, 2.45) is 0 Å². The normalized spacial score (nSPS) is 11.5. The lowest BCUT2D eigenvalue weighted by Crippen LogP contribution is -2.11. The summed E-state index contributed by atoms with van der Waals surface area (Å²) in [6.07, 6.45) is 0. The van der Waals surface area contributed by atoms with Crippen molar-refractivity contribution >= 4 is 60.4 Å². The fourth-order valence-corrected chi connectivity index (χ4v) is 10.2. The van der Waals surface area contributed by atoms with E-state index in [1.807, 2.05) is 0 Å². The van der Waals surface area contributed by atoms with Crippen LogP contribution in [0.4, 0.5) is 17.1 Å². The van der Waals surface area contributed by atoms with Crippen LogP contribution in [-0.4, -0.2) is 4.57 Å². The molecular weight excluding hydrogens is 785 g/mol. The summed E-state index contributed by atoms with van der Waals surface area (Å²) in [5, 5.41) is 7.26. The van der Waals surface area contributed by atoms with E-state index in [2.05, 4.69) is 265 Å². The minimum Gasteiger partial charge on any atom is -0.309 e. The maximum absolute atomic E-state index is 2.47. The van der Waals surface area contributed by atoms with E-state index >= 15 is 0 Å². The average molecular weight is 829 g/mol. The fourth-order valence-electron chi connectivity index (χ4n) is 10.2. The van der Waals surface area contributed by atoms with Gasteiger partial charge >= 0.3 is 0 Å². The summed E-state index contributed by atoms with van der Waals surface area (Å²) in [5.74, 6) is 0. The second-order valence-corrected chi connectivity index (χ2v) is 16.9. The van der Waals surface area contributed by atoms with E-state index in [4.69, 9.17) is 0 Å². The SMILES string of the molecule is Cc1ccccc1-c1ccccc1-c1ccccc1-c1ccc(-c2c3ccccc3c(N(c3ccccc3)c3ccc4c(c3)c3ccccc3n4-c3ccccc3)c3ccccc23)cc1. The Morgan fingerprint density at radius 2 is 0.769 bits per heavy atom. The maximum Gasteiger partial charge on any atom is 0.0618 e. The molecule has 0 aliphatic heterocycles. The molecule has 1 heterocycles. The molecule has 0 saturated heterocycles. The molecule has 0 aliphatic carbocycles. The molecule has 0 atom stereocenters. The molecule has 0 radical (unpaired) electrons. The van der Waals surface area contributed by atoms with Crippen molar-refractivity contribution in [3.8, 4) is 50.2 Å². The Labute approximate surface area is 379 Å². The van der Waals surface area contributed by atoms with E-state index in [0.717, 1.165) is 22.7 Å². The van der Waals surface area contributed by atoms with E-state index < -0.39 is 0 Å².